The molecule has 1 N–H and O–H groups in total. The van der Waals surface area contributed by atoms with Crippen molar-refractivity contribution in [2.45, 2.75) is 19.3 Å². The number of alkyl halides is 2. The minimum atomic E-state index is -2.94. The zero-order valence-electron chi connectivity index (χ0n) is 8.56. The molecule has 1 aromatic rings. The van der Waals surface area contributed by atoms with Gasteiger partial charge >= 0.3 is 0 Å². The van der Waals surface area contributed by atoms with Crippen LogP contribution >= 0.6 is 0 Å². The molecular weight excluding hydrogens is 203 g/mol. The second-order valence-corrected chi connectivity index (χ2v) is 3.39. The van der Waals surface area contributed by atoms with Crippen LogP contribution in [0, 0.1) is 5.82 Å². The van der Waals surface area contributed by atoms with Gasteiger partial charge in [-0.15, -0.1) is 0 Å². The van der Waals surface area contributed by atoms with Crippen molar-refractivity contribution in [1.29, 1.82) is 0 Å². The molecule has 0 amide bonds. The minimum Gasteiger partial charge on any atom is -0.311 e. The number of hydrogen-bond acceptors (Lipinski definition) is 1. The van der Waals surface area contributed by atoms with Crippen LogP contribution in [0.2, 0.25) is 0 Å². The Bertz CT molecular complexity index is 295. The van der Waals surface area contributed by atoms with Gasteiger partial charge in [-0.3, -0.25) is 0 Å². The van der Waals surface area contributed by atoms with Crippen LogP contribution in [0.3, 0.4) is 0 Å². The molecule has 0 aromatic heterocycles. The van der Waals surface area contributed by atoms with Crippen molar-refractivity contribution in [2.24, 2.45) is 0 Å². The lowest BCUT2D eigenvalue weighted by atomic mass is 10.1. The van der Waals surface area contributed by atoms with Gasteiger partial charge in [0.15, 0.2) is 0 Å². The highest BCUT2D eigenvalue weighted by Crippen LogP contribution is 2.26. The zero-order valence-corrected chi connectivity index (χ0v) is 8.56. The molecule has 1 aromatic carbocycles. The predicted molar refractivity (Wildman–Crippen MR) is 53.5 cm³/mol. The first-order valence-corrected chi connectivity index (χ1v) is 4.91. The number of halogens is 3. The Hall–Kier alpha value is -1.03. The van der Waals surface area contributed by atoms with Crippen LogP contribution in [-0.2, 0) is 5.92 Å². The summed E-state index contributed by atoms with van der Waals surface area (Å²) in [6.45, 7) is 2.05. The SMILES string of the molecule is CCCNCC(F)(F)c1ccc(F)cc1. The summed E-state index contributed by atoms with van der Waals surface area (Å²) < 4.78 is 39.4. The van der Waals surface area contributed by atoms with Gasteiger partial charge in [-0.2, -0.15) is 8.78 Å². The van der Waals surface area contributed by atoms with Gasteiger partial charge in [-0.25, -0.2) is 4.39 Å². The Morgan fingerprint density at radius 3 is 2.33 bits per heavy atom. The van der Waals surface area contributed by atoms with Gasteiger partial charge in [0, 0.05) is 5.56 Å². The molecule has 0 saturated heterocycles. The lowest BCUT2D eigenvalue weighted by Crippen LogP contribution is -2.31. The van der Waals surface area contributed by atoms with Crippen LogP contribution in [-0.4, -0.2) is 13.1 Å². The fraction of sp³-hybridized carbons (Fsp3) is 0.455. The standard InChI is InChI=1S/C11H14F3N/c1-2-7-15-8-11(13,14)9-3-5-10(12)6-4-9/h3-6,15H,2,7-8H2,1H3. The normalized spacial score (nSPS) is 11.7. The lowest BCUT2D eigenvalue weighted by Gasteiger charge is -2.17. The largest absolute Gasteiger partial charge is 0.311 e. The Kier molecular flexibility index (Phi) is 4.15. The molecule has 0 radical (unpaired) electrons. The molecule has 0 unspecified atom stereocenters. The number of nitrogens with one attached hydrogen (secondary N) is 1. The summed E-state index contributed by atoms with van der Waals surface area (Å²) in [6, 6.07) is 4.32. The number of hydrogen-bond donors (Lipinski definition) is 1. The molecule has 0 bridgehead atoms. The molecule has 0 aliphatic carbocycles. The Labute approximate surface area is 87.3 Å². The Morgan fingerprint density at radius 1 is 1.20 bits per heavy atom. The van der Waals surface area contributed by atoms with E-state index < -0.39 is 18.3 Å². The van der Waals surface area contributed by atoms with Crippen molar-refractivity contribution in [3.8, 4) is 0 Å². The Morgan fingerprint density at radius 2 is 1.80 bits per heavy atom. The van der Waals surface area contributed by atoms with E-state index in [1.165, 1.54) is 0 Å². The van der Waals surface area contributed by atoms with E-state index in [-0.39, 0.29) is 5.56 Å². The summed E-state index contributed by atoms with van der Waals surface area (Å²) in [7, 11) is 0. The van der Waals surface area contributed by atoms with Crippen molar-refractivity contribution in [3.63, 3.8) is 0 Å². The summed E-state index contributed by atoms with van der Waals surface area (Å²) in [4.78, 5) is 0. The summed E-state index contributed by atoms with van der Waals surface area (Å²) in [5.41, 5.74) is -0.160. The monoisotopic (exact) mass is 217 g/mol. The van der Waals surface area contributed by atoms with Crippen molar-refractivity contribution in [1.82, 2.24) is 5.32 Å². The summed E-state index contributed by atoms with van der Waals surface area (Å²) in [6.07, 6.45) is 0.805. The van der Waals surface area contributed by atoms with E-state index in [2.05, 4.69) is 5.32 Å². The molecule has 0 spiro atoms. The maximum atomic E-state index is 13.4. The Balaban J connectivity index is 2.63. The molecule has 15 heavy (non-hydrogen) atoms. The minimum absolute atomic E-state index is 0.160. The first-order chi connectivity index (χ1) is 7.06. The lowest BCUT2D eigenvalue weighted by molar-refractivity contribution is -0.00296. The van der Waals surface area contributed by atoms with E-state index >= 15 is 0 Å². The van der Waals surface area contributed by atoms with Gasteiger partial charge in [0.05, 0.1) is 6.54 Å². The second kappa shape index (κ2) is 5.16. The fourth-order valence-corrected chi connectivity index (χ4v) is 1.22. The highest BCUT2D eigenvalue weighted by Gasteiger charge is 2.30. The third kappa shape index (κ3) is 3.55. The molecule has 0 aliphatic heterocycles. The summed E-state index contributed by atoms with van der Waals surface area (Å²) in [5, 5.41) is 2.64. The van der Waals surface area contributed by atoms with Crippen molar-refractivity contribution < 1.29 is 13.2 Å². The van der Waals surface area contributed by atoms with E-state index in [9.17, 15) is 13.2 Å². The van der Waals surface area contributed by atoms with Crippen LogP contribution < -0.4 is 5.32 Å². The molecule has 0 fully saturated rings. The topological polar surface area (TPSA) is 12.0 Å². The maximum absolute atomic E-state index is 13.4. The summed E-state index contributed by atoms with van der Waals surface area (Å²) in [5.74, 6) is -3.45. The molecule has 4 heteroatoms. The summed E-state index contributed by atoms with van der Waals surface area (Å²) >= 11 is 0. The predicted octanol–water partition coefficient (Wildman–Crippen LogP) is 2.92. The number of benzene rings is 1. The first-order valence-electron chi connectivity index (χ1n) is 4.91. The molecule has 0 heterocycles. The van der Waals surface area contributed by atoms with Gasteiger partial charge < -0.3 is 5.32 Å². The van der Waals surface area contributed by atoms with Gasteiger partial charge in [0.2, 0.25) is 0 Å². The van der Waals surface area contributed by atoms with E-state index in [0.717, 1.165) is 30.7 Å². The van der Waals surface area contributed by atoms with E-state index in [0.29, 0.717) is 6.54 Å². The van der Waals surface area contributed by atoms with Gasteiger partial charge in [0.25, 0.3) is 5.92 Å². The van der Waals surface area contributed by atoms with E-state index in [1.54, 1.807) is 0 Å². The van der Waals surface area contributed by atoms with Crippen molar-refractivity contribution >= 4 is 0 Å². The average molecular weight is 217 g/mol. The molecule has 1 nitrogen and oxygen atoms in total. The third-order valence-corrected chi connectivity index (χ3v) is 2.04. The zero-order chi connectivity index (χ0) is 11.3. The molecule has 0 saturated carbocycles. The van der Waals surface area contributed by atoms with Crippen molar-refractivity contribution in [3.05, 3.63) is 35.6 Å². The first kappa shape index (κ1) is 12.0. The van der Waals surface area contributed by atoms with Crippen LogP contribution in [0.25, 0.3) is 0 Å². The third-order valence-electron chi connectivity index (χ3n) is 2.04. The van der Waals surface area contributed by atoms with E-state index in [4.69, 9.17) is 0 Å². The average Bonchev–Trinajstić information content (AvgIpc) is 2.18. The molecule has 84 valence electrons. The van der Waals surface area contributed by atoms with Crippen LogP contribution in [0.15, 0.2) is 24.3 Å². The molecular formula is C11H14F3N. The van der Waals surface area contributed by atoms with Gasteiger partial charge in [-0.1, -0.05) is 19.1 Å². The van der Waals surface area contributed by atoms with Gasteiger partial charge in [-0.05, 0) is 25.1 Å². The molecule has 0 atom stereocenters. The smallest absolute Gasteiger partial charge is 0.285 e. The second-order valence-electron chi connectivity index (χ2n) is 3.39. The van der Waals surface area contributed by atoms with E-state index in [1.807, 2.05) is 6.92 Å². The molecule has 0 aliphatic rings. The van der Waals surface area contributed by atoms with Crippen LogP contribution in [0.5, 0.6) is 0 Å². The fourth-order valence-electron chi connectivity index (χ4n) is 1.22. The highest BCUT2D eigenvalue weighted by molar-refractivity contribution is 5.21. The quantitative estimate of drug-likeness (QED) is 0.748. The van der Waals surface area contributed by atoms with Crippen LogP contribution in [0.1, 0.15) is 18.9 Å². The maximum Gasteiger partial charge on any atom is 0.285 e. The van der Waals surface area contributed by atoms with Gasteiger partial charge in [0.1, 0.15) is 5.82 Å². The van der Waals surface area contributed by atoms with Crippen molar-refractivity contribution in [2.75, 3.05) is 13.1 Å². The molecule has 1 rings (SSSR count). The van der Waals surface area contributed by atoms with Crippen LogP contribution in [0.4, 0.5) is 13.2 Å². The number of rotatable bonds is 5. The highest BCUT2D eigenvalue weighted by atomic mass is 19.3.